The molecule has 0 spiro atoms. The molecule has 3 heteroatoms. The molecule has 0 bridgehead atoms. The average molecular weight is 228 g/mol. The van der Waals surface area contributed by atoms with Crippen molar-refractivity contribution in [2.75, 3.05) is 5.75 Å². The Labute approximate surface area is 93.9 Å². The van der Waals surface area contributed by atoms with E-state index in [1.165, 1.54) is 0 Å². The maximum absolute atomic E-state index is 11.8. The molecule has 14 heavy (non-hydrogen) atoms. The number of hydrogen-bond donors (Lipinski definition) is 0. The SMILES string of the molecule is Cc1sccc1C(=O)CSC(C)(C)C. The lowest BCUT2D eigenvalue weighted by molar-refractivity contribution is 0.102. The normalized spacial score (nSPS) is 11.7. The molecule has 1 aromatic heterocycles. The van der Waals surface area contributed by atoms with Crippen LogP contribution in [0.5, 0.6) is 0 Å². The molecule has 0 amide bonds. The Hall–Kier alpha value is -0.280. The third-order valence-corrected chi connectivity index (χ3v) is 3.91. The summed E-state index contributed by atoms with van der Waals surface area (Å²) in [5.41, 5.74) is 0.895. The van der Waals surface area contributed by atoms with Gasteiger partial charge in [-0.05, 0) is 18.4 Å². The van der Waals surface area contributed by atoms with E-state index in [4.69, 9.17) is 0 Å². The molecule has 0 aliphatic carbocycles. The van der Waals surface area contributed by atoms with Crippen LogP contribution in [0.2, 0.25) is 0 Å². The lowest BCUT2D eigenvalue weighted by Crippen LogP contribution is -2.13. The number of carbonyl (C=O) groups excluding carboxylic acids is 1. The molecule has 1 rings (SSSR count). The number of carbonyl (C=O) groups is 1. The predicted octanol–water partition coefficient (Wildman–Crippen LogP) is 3.77. The third-order valence-electron chi connectivity index (χ3n) is 1.80. The highest BCUT2D eigenvalue weighted by molar-refractivity contribution is 8.01. The van der Waals surface area contributed by atoms with Crippen molar-refractivity contribution in [2.24, 2.45) is 0 Å². The summed E-state index contributed by atoms with van der Waals surface area (Å²) in [5, 5.41) is 1.98. The molecule has 0 unspecified atom stereocenters. The van der Waals surface area contributed by atoms with Crippen LogP contribution >= 0.6 is 23.1 Å². The van der Waals surface area contributed by atoms with Gasteiger partial charge in [-0.3, -0.25) is 4.79 Å². The van der Waals surface area contributed by atoms with E-state index in [1.807, 2.05) is 18.4 Å². The van der Waals surface area contributed by atoms with Gasteiger partial charge >= 0.3 is 0 Å². The zero-order valence-electron chi connectivity index (χ0n) is 9.09. The third kappa shape index (κ3) is 3.46. The molecule has 0 atom stereocenters. The van der Waals surface area contributed by atoms with Crippen LogP contribution in [0, 0.1) is 6.92 Å². The molecule has 78 valence electrons. The van der Waals surface area contributed by atoms with E-state index in [1.54, 1.807) is 23.1 Å². The van der Waals surface area contributed by atoms with Gasteiger partial charge < -0.3 is 0 Å². The van der Waals surface area contributed by atoms with Gasteiger partial charge in [0, 0.05) is 15.2 Å². The molecule has 0 radical (unpaired) electrons. The van der Waals surface area contributed by atoms with E-state index in [-0.39, 0.29) is 10.5 Å². The summed E-state index contributed by atoms with van der Waals surface area (Å²) in [5.74, 6) is 0.838. The van der Waals surface area contributed by atoms with Crippen LogP contribution in [0.4, 0.5) is 0 Å². The van der Waals surface area contributed by atoms with Crippen molar-refractivity contribution in [3.63, 3.8) is 0 Å². The minimum Gasteiger partial charge on any atom is -0.293 e. The summed E-state index contributed by atoms with van der Waals surface area (Å²) in [7, 11) is 0. The van der Waals surface area contributed by atoms with Crippen molar-refractivity contribution in [3.05, 3.63) is 21.9 Å². The smallest absolute Gasteiger partial charge is 0.173 e. The van der Waals surface area contributed by atoms with Crippen LogP contribution in [0.15, 0.2) is 11.4 Å². The first-order valence-corrected chi connectivity index (χ1v) is 6.48. The van der Waals surface area contributed by atoms with Gasteiger partial charge in [0.15, 0.2) is 5.78 Å². The van der Waals surface area contributed by atoms with Crippen LogP contribution in [-0.4, -0.2) is 16.3 Å². The number of Topliss-reactive ketones (excluding diaryl/α,β-unsaturated/α-hetero) is 1. The fourth-order valence-electron chi connectivity index (χ4n) is 1.03. The Kier molecular flexibility index (Phi) is 3.78. The number of thioether (sulfide) groups is 1. The van der Waals surface area contributed by atoms with Crippen molar-refractivity contribution in [1.82, 2.24) is 0 Å². The van der Waals surface area contributed by atoms with Crippen LogP contribution in [0.25, 0.3) is 0 Å². The number of ketones is 1. The lowest BCUT2D eigenvalue weighted by atomic mass is 10.2. The Morgan fingerprint density at radius 2 is 2.14 bits per heavy atom. The zero-order valence-corrected chi connectivity index (χ0v) is 10.7. The number of thiophene rings is 1. The van der Waals surface area contributed by atoms with E-state index in [9.17, 15) is 4.79 Å². The minimum absolute atomic E-state index is 0.166. The first kappa shape index (κ1) is 11.8. The molecule has 1 heterocycles. The van der Waals surface area contributed by atoms with Gasteiger partial charge in [0.1, 0.15) is 0 Å². The Morgan fingerprint density at radius 1 is 1.50 bits per heavy atom. The van der Waals surface area contributed by atoms with E-state index < -0.39 is 0 Å². The van der Waals surface area contributed by atoms with Gasteiger partial charge in [0.2, 0.25) is 0 Å². The van der Waals surface area contributed by atoms with E-state index >= 15 is 0 Å². The molecule has 0 aliphatic rings. The Morgan fingerprint density at radius 3 is 2.57 bits per heavy atom. The number of rotatable bonds is 3. The second-order valence-electron chi connectivity index (χ2n) is 4.21. The molecule has 0 saturated heterocycles. The molecule has 1 nitrogen and oxygen atoms in total. The first-order chi connectivity index (χ1) is 6.40. The molecular formula is C11H16OS2. The van der Waals surface area contributed by atoms with Crippen molar-refractivity contribution in [1.29, 1.82) is 0 Å². The van der Waals surface area contributed by atoms with Gasteiger partial charge in [-0.2, -0.15) is 0 Å². The predicted molar refractivity (Wildman–Crippen MR) is 65.6 cm³/mol. The zero-order chi connectivity index (χ0) is 10.8. The number of hydrogen-bond acceptors (Lipinski definition) is 3. The highest BCUT2D eigenvalue weighted by Gasteiger charge is 2.15. The maximum Gasteiger partial charge on any atom is 0.173 e. The topological polar surface area (TPSA) is 17.1 Å². The monoisotopic (exact) mass is 228 g/mol. The largest absolute Gasteiger partial charge is 0.293 e. The first-order valence-electron chi connectivity index (χ1n) is 4.61. The quantitative estimate of drug-likeness (QED) is 0.733. The summed E-state index contributed by atoms with van der Waals surface area (Å²) in [6, 6.07) is 1.92. The van der Waals surface area contributed by atoms with Crippen LogP contribution in [-0.2, 0) is 0 Å². The molecule has 1 aromatic rings. The summed E-state index contributed by atoms with van der Waals surface area (Å²) in [4.78, 5) is 12.9. The van der Waals surface area contributed by atoms with Gasteiger partial charge in [0.05, 0.1) is 5.75 Å². The van der Waals surface area contributed by atoms with Crippen LogP contribution in [0.1, 0.15) is 36.0 Å². The van der Waals surface area contributed by atoms with Crippen molar-refractivity contribution < 1.29 is 4.79 Å². The van der Waals surface area contributed by atoms with E-state index in [2.05, 4.69) is 20.8 Å². The van der Waals surface area contributed by atoms with Crippen molar-refractivity contribution in [3.8, 4) is 0 Å². The molecule has 0 N–H and O–H groups in total. The van der Waals surface area contributed by atoms with Crippen molar-refractivity contribution >= 4 is 28.9 Å². The Bertz CT molecular complexity index is 320. The maximum atomic E-state index is 11.8. The van der Waals surface area contributed by atoms with Gasteiger partial charge in [0.25, 0.3) is 0 Å². The second-order valence-corrected chi connectivity index (χ2v) is 7.14. The highest BCUT2D eigenvalue weighted by atomic mass is 32.2. The van der Waals surface area contributed by atoms with Gasteiger partial charge in [-0.25, -0.2) is 0 Å². The molecule has 0 saturated carbocycles. The summed E-state index contributed by atoms with van der Waals surface area (Å²) < 4.78 is 0.166. The average Bonchev–Trinajstić information content (AvgIpc) is 2.46. The minimum atomic E-state index is 0.166. The molecule has 0 aliphatic heterocycles. The fraction of sp³-hybridized carbons (Fsp3) is 0.545. The lowest BCUT2D eigenvalue weighted by Gasteiger charge is -2.16. The summed E-state index contributed by atoms with van der Waals surface area (Å²) in [6.07, 6.45) is 0. The fourth-order valence-corrected chi connectivity index (χ4v) is 2.47. The molecule has 0 fully saturated rings. The Balaban J connectivity index is 2.56. The highest BCUT2D eigenvalue weighted by Crippen LogP contribution is 2.25. The van der Waals surface area contributed by atoms with Gasteiger partial charge in [-0.1, -0.05) is 20.8 Å². The van der Waals surface area contributed by atoms with Gasteiger partial charge in [-0.15, -0.1) is 23.1 Å². The number of aryl methyl sites for hydroxylation is 1. The van der Waals surface area contributed by atoms with E-state index in [0.29, 0.717) is 5.75 Å². The second kappa shape index (κ2) is 4.49. The molecule has 0 aromatic carbocycles. The van der Waals surface area contributed by atoms with Crippen LogP contribution < -0.4 is 0 Å². The molecular weight excluding hydrogens is 212 g/mol. The summed E-state index contributed by atoms with van der Waals surface area (Å²) in [6.45, 7) is 8.39. The van der Waals surface area contributed by atoms with Crippen LogP contribution in [0.3, 0.4) is 0 Å². The van der Waals surface area contributed by atoms with E-state index in [0.717, 1.165) is 10.4 Å². The summed E-state index contributed by atoms with van der Waals surface area (Å²) >= 11 is 3.34. The van der Waals surface area contributed by atoms with Crippen molar-refractivity contribution in [2.45, 2.75) is 32.4 Å². The standard InChI is InChI=1S/C11H16OS2/c1-8-9(5-6-13-8)10(12)7-14-11(2,3)4/h5-6H,7H2,1-4H3.